The first kappa shape index (κ1) is 17.3. The van der Waals surface area contributed by atoms with Gasteiger partial charge in [0, 0.05) is 24.8 Å². The first-order valence-corrected chi connectivity index (χ1v) is 18.9. The van der Waals surface area contributed by atoms with E-state index >= 15 is 0 Å². The van der Waals surface area contributed by atoms with Crippen molar-refractivity contribution < 1.29 is 0 Å². The van der Waals surface area contributed by atoms with Gasteiger partial charge in [-0.1, -0.05) is 12.1 Å². The Bertz CT molecular complexity index is 265. The number of halogens is 4. The van der Waals surface area contributed by atoms with E-state index in [9.17, 15) is 0 Å². The minimum absolute atomic E-state index is 1.75. The van der Waals surface area contributed by atoms with E-state index in [2.05, 4.69) is 9.97 Å². The monoisotopic (exact) mass is 418 g/mol. The number of pyridine rings is 2. The Morgan fingerprint density at radius 3 is 0.824 bits per heavy atom. The summed E-state index contributed by atoms with van der Waals surface area (Å²) < 4.78 is 0. The van der Waals surface area contributed by atoms with Gasteiger partial charge in [0.25, 0.3) is 0 Å². The molecule has 2 heterocycles. The number of aromatic nitrogens is 2. The van der Waals surface area contributed by atoms with Crippen molar-refractivity contribution in [2.75, 3.05) is 0 Å². The molecular formula is C10H10Cl4N2Sn. The summed E-state index contributed by atoms with van der Waals surface area (Å²) in [4.78, 5) is 7.57. The zero-order chi connectivity index (χ0) is 13.0. The Hall–Kier alpha value is 0.259. The van der Waals surface area contributed by atoms with Crippen LogP contribution in [0.25, 0.3) is 0 Å². The van der Waals surface area contributed by atoms with E-state index < -0.39 is 13.9 Å². The van der Waals surface area contributed by atoms with Crippen LogP contribution in [0, 0.1) is 0 Å². The largest absolute Gasteiger partial charge is 0.265 e. The van der Waals surface area contributed by atoms with Crippen molar-refractivity contribution in [3.8, 4) is 0 Å². The van der Waals surface area contributed by atoms with Gasteiger partial charge in [0.1, 0.15) is 0 Å². The average molecular weight is 419 g/mol. The number of rotatable bonds is 0. The molecule has 0 amide bonds. The summed E-state index contributed by atoms with van der Waals surface area (Å²) in [5.41, 5.74) is 0. The zero-order valence-electron chi connectivity index (χ0n) is 8.68. The van der Waals surface area contributed by atoms with Crippen molar-refractivity contribution in [2.24, 2.45) is 0 Å². The summed E-state index contributed by atoms with van der Waals surface area (Å²) in [6.45, 7) is 0. The standard InChI is InChI=1S/2C5H5N.4ClH.Sn/c2*1-2-4-6-5-3-1;;;;;/h2*1-5H;4*1H;/q;;;;;;+4/p-4. The van der Waals surface area contributed by atoms with Crippen molar-refractivity contribution in [1.29, 1.82) is 0 Å². The zero-order valence-corrected chi connectivity index (χ0v) is 14.6. The molecule has 0 unspecified atom stereocenters. The minimum Gasteiger partial charge on any atom is -0.265 e. The fourth-order valence-electron chi connectivity index (χ4n) is 0.625. The molecule has 0 aliphatic carbocycles. The van der Waals surface area contributed by atoms with Gasteiger partial charge >= 0.3 is 49.6 Å². The molecule has 0 aromatic carbocycles. The molecule has 2 rings (SSSR count). The van der Waals surface area contributed by atoms with Crippen LogP contribution < -0.4 is 0 Å². The van der Waals surface area contributed by atoms with Crippen LogP contribution in [0.1, 0.15) is 0 Å². The molecule has 0 saturated carbocycles. The molecule has 0 fully saturated rings. The summed E-state index contributed by atoms with van der Waals surface area (Å²) in [5.74, 6) is 0. The van der Waals surface area contributed by atoms with Crippen LogP contribution in [-0.2, 0) is 0 Å². The van der Waals surface area contributed by atoms with Crippen LogP contribution in [0.15, 0.2) is 61.2 Å². The molecule has 17 heavy (non-hydrogen) atoms. The van der Waals surface area contributed by atoms with Gasteiger partial charge in [0.2, 0.25) is 0 Å². The Labute approximate surface area is 120 Å². The summed E-state index contributed by atoms with van der Waals surface area (Å²) in [6.07, 6.45) is 7.00. The van der Waals surface area contributed by atoms with Gasteiger partial charge in [-0.25, -0.2) is 0 Å². The fourth-order valence-corrected chi connectivity index (χ4v) is 0.625. The molecule has 0 aliphatic rings. The molecule has 0 radical (unpaired) electrons. The Morgan fingerprint density at radius 2 is 0.765 bits per heavy atom. The van der Waals surface area contributed by atoms with E-state index in [1.165, 1.54) is 0 Å². The molecule has 0 bridgehead atoms. The molecule has 92 valence electrons. The van der Waals surface area contributed by atoms with E-state index in [0.29, 0.717) is 0 Å². The van der Waals surface area contributed by atoms with Crippen molar-refractivity contribution in [3.05, 3.63) is 61.2 Å². The summed E-state index contributed by atoms with van der Waals surface area (Å²) in [5, 5.41) is 0. The molecule has 0 saturated heterocycles. The van der Waals surface area contributed by atoms with Gasteiger partial charge in [-0.2, -0.15) is 0 Å². The Kier molecular flexibility index (Phi) is 11.5. The van der Waals surface area contributed by atoms with Crippen LogP contribution in [0.4, 0.5) is 0 Å². The maximum atomic E-state index is 5.04. The summed E-state index contributed by atoms with van der Waals surface area (Å²) >= 11 is -3.29. The molecule has 0 spiro atoms. The summed E-state index contributed by atoms with van der Waals surface area (Å²) in [7, 11) is 20.1. The smallest absolute Gasteiger partial charge is 0.0267 e. The van der Waals surface area contributed by atoms with Gasteiger partial charge in [0.05, 0.1) is 0 Å². The number of hydrogen-bond donors (Lipinski definition) is 0. The van der Waals surface area contributed by atoms with Gasteiger partial charge in [-0.3, -0.25) is 9.97 Å². The maximum Gasteiger partial charge on any atom is 0.0267 e. The van der Waals surface area contributed by atoms with Gasteiger partial charge in [-0.15, -0.1) is 0 Å². The van der Waals surface area contributed by atoms with Gasteiger partial charge in [0.15, 0.2) is 0 Å². The number of hydrogen-bond acceptors (Lipinski definition) is 2. The van der Waals surface area contributed by atoms with Gasteiger partial charge in [-0.05, 0) is 24.3 Å². The van der Waals surface area contributed by atoms with Crippen molar-refractivity contribution >= 4 is 49.6 Å². The second-order valence-corrected chi connectivity index (χ2v) is 27.9. The summed E-state index contributed by atoms with van der Waals surface area (Å²) in [6, 6.07) is 11.4. The Balaban J connectivity index is 0.000000228. The molecule has 0 N–H and O–H groups in total. The van der Waals surface area contributed by atoms with E-state index in [0.717, 1.165) is 0 Å². The SMILES string of the molecule is [Cl][Sn]([Cl])([Cl])[Cl].c1ccncc1.c1ccncc1. The first-order chi connectivity index (χ1) is 8.00. The maximum absolute atomic E-state index is 5.04. The minimum atomic E-state index is -3.29. The van der Waals surface area contributed by atoms with Crippen LogP contribution in [0.5, 0.6) is 0 Å². The van der Waals surface area contributed by atoms with Crippen molar-refractivity contribution in [2.45, 2.75) is 0 Å². The van der Waals surface area contributed by atoms with E-state index in [4.69, 9.17) is 35.7 Å². The normalized spacial score (nSPS) is 9.18. The van der Waals surface area contributed by atoms with Crippen molar-refractivity contribution in [3.63, 3.8) is 0 Å². The molecule has 7 heteroatoms. The third-order valence-electron chi connectivity index (χ3n) is 1.13. The first-order valence-electron chi connectivity index (χ1n) is 4.46. The van der Waals surface area contributed by atoms with Crippen LogP contribution in [0.2, 0.25) is 0 Å². The van der Waals surface area contributed by atoms with Gasteiger partial charge < -0.3 is 0 Å². The van der Waals surface area contributed by atoms with Crippen LogP contribution >= 0.6 is 35.7 Å². The van der Waals surface area contributed by atoms with Crippen molar-refractivity contribution in [1.82, 2.24) is 9.97 Å². The molecule has 0 aliphatic heterocycles. The second-order valence-electron chi connectivity index (χ2n) is 2.48. The Morgan fingerprint density at radius 1 is 0.529 bits per heavy atom. The molecule has 2 aromatic rings. The predicted octanol–water partition coefficient (Wildman–Crippen LogP) is 4.54. The predicted molar refractivity (Wildman–Crippen MR) is 77.6 cm³/mol. The van der Waals surface area contributed by atoms with E-state index in [-0.39, 0.29) is 0 Å². The second kappa shape index (κ2) is 11.4. The third-order valence-corrected chi connectivity index (χ3v) is 1.13. The van der Waals surface area contributed by atoms with E-state index in [1.54, 1.807) is 24.8 Å². The fraction of sp³-hybridized carbons (Fsp3) is 0. The van der Waals surface area contributed by atoms with Crippen LogP contribution in [0.3, 0.4) is 0 Å². The quantitative estimate of drug-likeness (QED) is 0.587. The average Bonchev–Trinajstić information content (AvgIpc) is 2.32. The molecule has 2 nitrogen and oxygen atoms in total. The molecule has 0 atom stereocenters. The van der Waals surface area contributed by atoms with E-state index in [1.807, 2.05) is 36.4 Å². The van der Waals surface area contributed by atoms with Crippen LogP contribution in [-0.4, -0.2) is 23.8 Å². The topological polar surface area (TPSA) is 25.8 Å². The number of nitrogens with zero attached hydrogens (tertiary/aromatic N) is 2. The molecule has 2 aromatic heterocycles. The third kappa shape index (κ3) is 22.0. The molecular weight excluding hydrogens is 409 g/mol.